The monoisotopic (exact) mass is 297 g/mol. The molecule has 2 rings (SSSR count). The van der Waals surface area contributed by atoms with Crippen LogP contribution in [0.5, 0.6) is 0 Å². The van der Waals surface area contributed by atoms with Crippen LogP contribution in [0.4, 0.5) is 10.1 Å². The molecule has 1 nitrogen and oxygen atoms in total. The molecule has 0 fully saturated rings. The number of hydrogen-bond acceptors (Lipinski definition) is 1. The highest BCUT2D eigenvalue weighted by Crippen LogP contribution is 2.27. The first-order chi connectivity index (χ1) is 8.97. The minimum absolute atomic E-state index is 0.0210. The molecule has 1 N–H and O–H groups in total. The lowest BCUT2D eigenvalue weighted by molar-refractivity contribution is 0.614. The SMILES string of the molecule is Cc1ccc(C(C)Nc2ccc(Cl)c(Cl)c2)cc1F. The Hall–Kier alpha value is -1.25. The first kappa shape index (κ1) is 14.2. The number of benzene rings is 2. The van der Waals surface area contributed by atoms with Gasteiger partial charge in [-0.05, 0) is 49.2 Å². The van der Waals surface area contributed by atoms with Crippen LogP contribution in [0.1, 0.15) is 24.1 Å². The first-order valence-corrected chi connectivity index (χ1v) is 6.70. The maximum Gasteiger partial charge on any atom is 0.126 e. The van der Waals surface area contributed by atoms with Gasteiger partial charge in [-0.1, -0.05) is 35.3 Å². The van der Waals surface area contributed by atoms with Gasteiger partial charge in [0.05, 0.1) is 10.0 Å². The molecular weight excluding hydrogens is 284 g/mol. The number of hydrogen-bond donors (Lipinski definition) is 1. The van der Waals surface area contributed by atoms with Gasteiger partial charge in [-0.25, -0.2) is 4.39 Å². The Kier molecular flexibility index (Phi) is 4.33. The smallest absolute Gasteiger partial charge is 0.126 e. The van der Waals surface area contributed by atoms with E-state index >= 15 is 0 Å². The molecule has 0 aliphatic carbocycles. The lowest BCUT2D eigenvalue weighted by Gasteiger charge is -2.16. The summed E-state index contributed by atoms with van der Waals surface area (Å²) in [5.74, 6) is -0.194. The summed E-state index contributed by atoms with van der Waals surface area (Å²) in [4.78, 5) is 0. The largest absolute Gasteiger partial charge is 0.378 e. The molecule has 0 aromatic heterocycles. The van der Waals surface area contributed by atoms with E-state index in [0.29, 0.717) is 15.6 Å². The third kappa shape index (κ3) is 3.40. The van der Waals surface area contributed by atoms with E-state index in [9.17, 15) is 4.39 Å². The van der Waals surface area contributed by atoms with E-state index in [-0.39, 0.29) is 11.9 Å². The Labute approximate surface area is 122 Å². The molecule has 0 radical (unpaired) electrons. The highest BCUT2D eigenvalue weighted by Gasteiger charge is 2.08. The molecule has 0 heterocycles. The van der Waals surface area contributed by atoms with Crippen molar-refractivity contribution in [3.8, 4) is 0 Å². The van der Waals surface area contributed by atoms with Crippen LogP contribution in [0, 0.1) is 12.7 Å². The van der Waals surface area contributed by atoms with Gasteiger partial charge in [-0.15, -0.1) is 0 Å². The molecule has 0 saturated heterocycles. The van der Waals surface area contributed by atoms with Gasteiger partial charge in [0.1, 0.15) is 5.82 Å². The summed E-state index contributed by atoms with van der Waals surface area (Å²) in [5, 5.41) is 4.27. The number of nitrogens with one attached hydrogen (secondary N) is 1. The Morgan fingerprint density at radius 3 is 2.42 bits per heavy atom. The van der Waals surface area contributed by atoms with Gasteiger partial charge in [-0.3, -0.25) is 0 Å². The molecule has 0 amide bonds. The molecule has 1 atom stereocenters. The summed E-state index contributed by atoms with van der Waals surface area (Å²) in [5.41, 5.74) is 2.38. The summed E-state index contributed by atoms with van der Waals surface area (Å²) in [6.07, 6.45) is 0. The molecule has 100 valence electrons. The number of aryl methyl sites for hydroxylation is 1. The third-order valence-corrected chi connectivity index (χ3v) is 3.74. The summed E-state index contributed by atoms with van der Waals surface area (Å²) in [7, 11) is 0. The van der Waals surface area contributed by atoms with Crippen LogP contribution in [-0.4, -0.2) is 0 Å². The summed E-state index contributed by atoms with van der Waals surface area (Å²) >= 11 is 11.8. The van der Waals surface area contributed by atoms with E-state index in [0.717, 1.165) is 11.3 Å². The lowest BCUT2D eigenvalue weighted by Crippen LogP contribution is -2.07. The predicted octanol–water partition coefficient (Wildman–Crippen LogP) is 5.61. The van der Waals surface area contributed by atoms with Gasteiger partial charge in [0.25, 0.3) is 0 Å². The van der Waals surface area contributed by atoms with Crippen LogP contribution in [0.15, 0.2) is 36.4 Å². The molecule has 0 aliphatic rings. The molecule has 2 aromatic carbocycles. The second-order valence-corrected chi connectivity index (χ2v) is 5.32. The zero-order chi connectivity index (χ0) is 14.0. The topological polar surface area (TPSA) is 12.0 Å². The van der Waals surface area contributed by atoms with Gasteiger partial charge in [-0.2, -0.15) is 0 Å². The van der Waals surface area contributed by atoms with Crippen LogP contribution in [-0.2, 0) is 0 Å². The number of anilines is 1. The number of halogens is 3. The molecule has 0 saturated carbocycles. The van der Waals surface area contributed by atoms with Gasteiger partial charge >= 0.3 is 0 Å². The Morgan fingerprint density at radius 1 is 1.05 bits per heavy atom. The standard InChI is InChI=1S/C15H14Cl2FN/c1-9-3-4-11(7-15(9)18)10(2)19-12-5-6-13(16)14(17)8-12/h3-8,10,19H,1-2H3. The highest BCUT2D eigenvalue weighted by molar-refractivity contribution is 6.42. The van der Waals surface area contributed by atoms with E-state index in [4.69, 9.17) is 23.2 Å². The molecule has 2 aromatic rings. The summed E-state index contributed by atoms with van der Waals surface area (Å²) in [6, 6.07) is 10.5. The average molecular weight is 298 g/mol. The van der Waals surface area contributed by atoms with Gasteiger partial charge in [0.2, 0.25) is 0 Å². The van der Waals surface area contributed by atoms with Gasteiger partial charge < -0.3 is 5.32 Å². The second-order valence-electron chi connectivity index (χ2n) is 4.50. The van der Waals surface area contributed by atoms with E-state index in [1.807, 2.05) is 19.1 Å². The van der Waals surface area contributed by atoms with Crippen molar-refractivity contribution in [3.63, 3.8) is 0 Å². The predicted molar refractivity (Wildman–Crippen MR) is 79.6 cm³/mol. The van der Waals surface area contributed by atoms with Crippen LogP contribution in [0.25, 0.3) is 0 Å². The third-order valence-electron chi connectivity index (χ3n) is 3.00. The maximum atomic E-state index is 13.5. The molecule has 0 spiro atoms. The van der Waals surface area contributed by atoms with Crippen LogP contribution in [0.2, 0.25) is 10.0 Å². The number of rotatable bonds is 3. The van der Waals surface area contributed by atoms with Crippen molar-refractivity contribution in [2.75, 3.05) is 5.32 Å². The van der Waals surface area contributed by atoms with E-state index in [2.05, 4.69) is 5.32 Å². The zero-order valence-electron chi connectivity index (χ0n) is 10.7. The molecule has 4 heteroatoms. The van der Waals surface area contributed by atoms with Crippen LogP contribution < -0.4 is 5.32 Å². The second kappa shape index (κ2) is 5.81. The lowest BCUT2D eigenvalue weighted by atomic mass is 10.1. The molecule has 1 unspecified atom stereocenters. The molecular formula is C15H14Cl2FN. The van der Waals surface area contributed by atoms with Crippen molar-refractivity contribution in [1.29, 1.82) is 0 Å². The van der Waals surface area contributed by atoms with E-state index in [1.165, 1.54) is 0 Å². The summed E-state index contributed by atoms with van der Waals surface area (Å²) < 4.78 is 13.5. The fourth-order valence-corrected chi connectivity index (χ4v) is 2.10. The summed E-state index contributed by atoms with van der Waals surface area (Å²) in [6.45, 7) is 3.71. The highest BCUT2D eigenvalue weighted by atomic mass is 35.5. The van der Waals surface area contributed by atoms with Crippen molar-refractivity contribution in [3.05, 3.63) is 63.4 Å². The van der Waals surface area contributed by atoms with Crippen molar-refractivity contribution in [1.82, 2.24) is 0 Å². The van der Waals surface area contributed by atoms with Crippen LogP contribution >= 0.6 is 23.2 Å². The maximum absolute atomic E-state index is 13.5. The van der Waals surface area contributed by atoms with Crippen LogP contribution in [0.3, 0.4) is 0 Å². The fraction of sp³-hybridized carbons (Fsp3) is 0.200. The van der Waals surface area contributed by atoms with Gasteiger partial charge in [0, 0.05) is 11.7 Å². The van der Waals surface area contributed by atoms with Crippen molar-refractivity contribution in [2.24, 2.45) is 0 Å². The molecule has 0 bridgehead atoms. The van der Waals surface area contributed by atoms with Crippen molar-refractivity contribution >= 4 is 28.9 Å². The molecule has 19 heavy (non-hydrogen) atoms. The van der Waals surface area contributed by atoms with E-state index < -0.39 is 0 Å². The average Bonchev–Trinajstić information content (AvgIpc) is 2.37. The quantitative estimate of drug-likeness (QED) is 0.776. The Morgan fingerprint density at radius 2 is 1.79 bits per heavy atom. The minimum atomic E-state index is -0.194. The zero-order valence-corrected chi connectivity index (χ0v) is 12.2. The van der Waals surface area contributed by atoms with E-state index in [1.54, 1.807) is 31.2 Å². The Balaban J connectivity index is 2.17. The first-order valence-electron chi connectivity index (χ1n) is 5.95. The van der Waals surface area contributed by atoms with Gasteiger partial charge in [0.15, 0.2) is 0 Å². The van der Waals surface area contributed by atoms with Crippen molar-refractivity contribution in [2.45, 2.75) is 19.9 Å². The normalized spacial score (nSPS) is 12.3. The minimum Gasteiger partial charge on any atom is -0.378 e. The Bertz CT molecular complexity index is 599. The molecule has 0 aliphatic heterocycles. The fourth-order valence-electron chi connectivity index (χ4n) is 1.80. The van der Waals surface area contributed by atoms with Crippen molar-refractivity contribution < 1.29 is 4.39 Å².